The minimum absolute atomic E-state index is 0.124. The van der Waals surface area contributed by atoms with Gasteiger partial charge < -0.3 is 10.6 Å². The molecule has 1 aliphatic carbocycles. The van der Waals surface area contributed by atoms with Gasteiger partial charge in [-0.1, -0.05) is 43.0 Å². The van der Waals surface area contributed by atoms with Gasteiger partial charge in [0.1, 0.15) is 0 Å². The molecule has 3 rings (SSSR count). The SMILES string of the molecule is CC(Sc1ccc(Cl)cc1)C(=O)Nc1ccccc1C(=O)NC1CCCCC1. The van der Waals surface area contributed by atoms with Crippen LogP contribution in [0.3, 0.4) is 0 Å². The van der Waals surface area contributed by atoms with Crippen molar-refractivity contribution in [2.24, 2.45) is 0 Å². The predicted octanol–water partition coefficient (Wildman–Crippen LogP) is 5.52. The lowest BCUT2D eigenvalue weighted by molar-refractivity contribution is -0.115. The first-order valence-corrected chi connectivity index (χ1v) is 10.9. The second-order valence-electron chi connectivity index (χ2n) is 7.06. The van der Waals surface area contributed by atoms with Gasteiger partial charge in [0.25, 0.3) is 5.91 Å². The Balaban J connectivity index is 1.63. The summed E-state index contributed by atoms with van der Waals surface area (Å²) in [6.45, 7) is 1.85. The molecule has 2 N–H and O–H groups in total. The van der Waals surface area contributed by atoms with Gasteiger partial charge in [-0.2, -0.15) is 0 Å². The number of amides is 2. The molecule has 0 aliphatic heterocycles. The zero-order chi connectivity index (χ0) is 19.9. The first-order valence-electron chi connectivity index (χ1n) is 9.66. The minimum Gasteiger partial charge on any atom is -0.349 e. The van der Waals surface area contributed by atoms with Crippen molar-refractivity contribution in [2.75, 3.05) is 5.32 Å². The molecule has 148 valence electrons. The second-order valence-corrected chi connectivity index (χ2v) is 8.91. The number of carbonyl (C=O) groups excluding carboxylic acids is 2. The van der Waals surface area contributed by atoms with Gasteiger partial charge in [-0.05, 0) is 56.2 Å². The number of benzene rings is 2. The normalized spacial score (nSPS) is 15.6. The van der Waals surface area contributed by atoms with Crippen LogP contribution in [0.1, 0.15) is 49.4 Å². The standard InChI is InChI=1S/C22H25ClN2O2S/c1-15(28-18-13-11-16(23)12-14-18)21(26)25-20-10-6-5-9-19(20)22(27)24-17-7-3-2-4-8-17/h5-6,9-15,17H,2-4,7-8H2,1H3,(H,24,27)(H,25,26). The Bertz CT molecular complexity index is 820. The van der Waals surface area contributed by atoms with Crippen LogP contribution in [0.4, 0.5) is 5.69 Å². The first kappa shape index (κ1) is 20.7. The van der Waals surface area contributed by atoms with Gasteiger partial charge in [0.2, 0.25) is 5.91 Å². The lowest BCUT2D eigenvalue weighted by atomic mass is 9.95. The fourth-order valence-electron chi connectivity index (χ4n) is 3.31. The molecule has 2 aromatic rings. The Labute approximate surface area is 175 Å². The summed E-state index contributed by atoms with van der Waals surface area (Å²) in [6.07, 6.45) is 5.60. The highest BCUT2D eigenvalue weighted by Crippen LogP contribution is 2.26. The Morgan fingerprint density at radius 3 is 2.43 bits per heavy atom. The average Bonchev–Trinajstić information content (AvgIpc) is 2.70. The molecule has 6 heteroatoms. The second kappa shape index (κ2) is 9.99. The van der Waals surface area contributed by atoms with Crippen LogP contribution in [0.25, 0.3) is 0 Å². The first-order chi connectivity index (χ1) is 13.5. The van der Waals surface area contributed by atoms with E-state index in [0.717, 1.165) is 30.6 Å². The molecular weight excluding hydrogens is 392 g/mol. The van der Waals surface area contributed by atoms with E-state index in [0.29, 0.717) is 16.3 Å². The van der Waals surface area contributed by atoms with Gasteiger partial charge in [0.05, 0.1) is 16.5 Å². The molecule has 0 aromatic heterocycles. The fourth-order valence-corrected chi connectivity index (χ4v) is 4.30. The van der Waals surface area contributed by atoms with E-state index in [1.54, 1.807) is 24.3 Å². The van der Waals surface area contributed by atoms with Gasteiger partial charge in [-0.15, -0.1) is 11.8 Å². The lowest BCUT2D eigenvalue weighted by Crippen LogP contribution is -2.36. The third-order valence-corrected chi connectivity index (χ3v) is 6.23. The summed E-state index contributed by atoms with van der Waals surface area (Å²) in [5.41, 5.74) is 1.05. The molecule has 2 aromatic carbocycles. The van der Waals surface area contributed by atoms with Crippen LogP contribution in [0, 0.1) is 0 Å². The van der Waals surface area contributed by atoms with E-state index < -0.39 is 0 Å². The summed E-state index contributed by atoms with van der Waals surface area (Å²) < 4.78 is 0. The highest BCUT2D eigenvalue weighted by atomic mass is 35.5. The van der Waals surface area contributed by atoms with Crippen molar-refractivity contribution in [3.05, 3.63) is 59.1 Å². The quantitative estimate of drug-likeness (QED) is 0.609. The lowest BCUT2D eigenvalue weighted by Gasteiger charge is -2.23. The van der Waals surface area contributed by atoms with Crippen molar-refractivity contribution in [3.8, 4) is 0 Å². The number of hydrogen-bond acceptors (Lipinski definition) is 3. The molecule has 0 spiro atoms. The van der Waals surface area contributed by atoms with E-state index in [1.165, 1.54) is 18.2 Å². The summed E-state index contributed by atoms with van der Waals surface area (Å²) in [5.74, 6) is -0.265. The molecule has 1 unspecified atom stereocenters. The minimum atomic E-state index is -0.310. The van der Waals surface area contributed by atoms with E-state index in [-0.39, 0.29) is 23.1 Å². The molecule has 4 nitrogen and oxygen atoms in total. The van der Waals surface area contributed by atoms with Crippen LogP contribution in [0.2, 0.25) is 5.02 Å². The van der Waals surface area contributed by atoms with Crippen molar-refractivity contribution in [1.82, 2.24) is 5.32 Å². The maximum Gasteiger partial charge on any atom is 0.253 e. The van der Waals surface area contributed by atoms with Crippen LogP contribution in [0.15, 0.2) is 53.4 Å². The number of halogens is 1. The maximum atomic E-state index is 12.7. The van der Waals surface area contributed by atoms with Crippen molar-refractivity contribution >= 4 is 40.9 Å². The number of nitrogens with one attached hydrogen (secondary N) is 2. The van der Waals surface area contributed by atoms with Gasteiger partial charge in [0, 0.05) is 16.0 Å². The van der Waals surface area contributed by atoms with Gasteiger partial charge in [-0.25, -0.2) is 0 Å². The molecule has 1 atom stereocenters. The molecule has 0 saturated heterocycles. The molecule has 0 heterocycles. The number of para-hydroxylation sites is 1. The van der Waals surface area contributed by atoms with E-state index >= 15 is 0 Å². The Kier molecular flexibility index (Phi) is 7.40. The molecule has 1 fully saturated rings. The van der Waals surface area contributed by atoms with Crippen LogP contribution in [-0.4, -0.2) is 23.1 Å². The highest BCUT2D eigenvalue weighted by Gasteiger charge is 2.21. The predicted molar refractivity (Wildman–Crippen MR) is 116 cm³/mol. The van der Waals surface area contributed by atoms with Gasteiger partial charge in [-0.3, -0.25) is 9.59 Å². The molecule has 2 amide bonds. The molecule has 28 heavy (non-hydrogen) atoms. The largest absolute Gasteiger partial charge is 0.349 e. The number of hydrogen-bond donors (Lipinski definition) is 2. The van der Waals surface area contributed by atoms with E-state index in [9.17, 15) is 9.59 Å². The Morgan fingerprint density at radius 1 is 1.04 bits per heavy atom. The van der Waals surface area contributed by atoms with Crippen molar-refractivity contribution in [1.29, 1.82) is 0 Å². The third-order valence-electron chi connectivity index (χ3n) is 4.87. The zero-order valence-electron chi connectivity index (χ0n) is 15.9. The zero-order valence-corrected chi connectivity index (χ0v) is 17.5. The number of carbonyl (C=O) groups is 2. The number of thioether (sulfide) groups is 1. The van der Waals surface area contributed by atoms with Crippen molar-refractivity contribution < 1.29 is 9.59 Å². The summed E-state index contributed by atoms with van der Waals surface area (Å²) in [7, 11) is 0. The molecule has 0 bridgehead atoms. The maximum absolute atomic E-state index is 12.7. The summed E-state index contributed by atoms with van der Waals surface area (Å²) >= 11 is 7.36. The van der Waals surface area contributed by atoms with Crippen LogP contribution in [-0.2, 0) is 4.79 Å². The molecule has 1 aliphatic rings. The smallest absolute Gasteiger partial charge is 0.253 e. The van der Waals surface area contributed by atoms with Crippen molar-refractivity contribution in [3.63, 3.8) is 0 Å². The monoisotopic (exact) mass is 416 g/mol. The number of rotatable bonds is 6. The summed E-state index contributed by atoms with van der Waals surface area (Å²) in [6, 6.07) is 14.8. The van der Waals surface area contributed by atoms with Gasteiger partial charge in [0.15, 0.2) is 0 Å². The van der Waals surface area contributed by atoms with Crippen LogP contribution >= 0.6 is 23.4 Å². The molecule has 0 radical (unpaired) electrons. The van der Waals surface area contributed by atoms with Crippen LogP contribution < -0.4 is 10.6 Å². The summed E-state index contributed by atoms with van der Waals surface area (Å²) in [4.78, 5) is 26.4. The molecule has 1 saturated carbocycles. The van der Waals surface area contributed by atoms with E-state index in [1.807, 2.05) is 31.2 Å². The molecular formula is C22H25ClN2O2S. The van der Waals surface area contributed by atoms with Crippen molar-refractivity contribution in [2.45, 2.75) is 55.2 Å². The van der Waals surface area contributed by atoms with E-state index in [4.69, 9.17) is 11.6 Å². The van der Waals surface area contributed by atoms with Crippen LogP contribution in [0.5, 0.6) is 0 Å². The topological polar surface area (TPSA) is 58.2 Å². The summed E-state index contributed by atoms with van der Waals surface area (Å²) in [5, 5.41) is 6.39. The average molecular weight is 417 g/mol. The van der Waals surface area contributed by atoms with Gasteiger partial charge >= 0.3 is 0 Å². The highest BCUT2D eigenvalue weighted by molar-refractivity contribution is 8.00. The fraction of sp³-hybridized carbons (Fsp3) is 0.364. The Hall–Kier alpha value is -1.98. The van der Waals surface area contributed by atoms with E-state index in [2.05, 4.69) is 10.6 Å². The Morgan fingerprint density at radius 2 is 1.71 bits per heavy atom. The number of anilines is 1. The third kappa shape index (κ3) is 5.76.